The summed E-state index contributed by atoms with van der Waals surface area (Å²) in [6.07, 6.45) is 6.65. The Morgan fingerprint density at radius 3 is 2.34 bits per heavy atom. The molecule has 0 spiro atoms. The number of ether oxygens (including phenoxy) is 2. The van der Waals surface area contributed by atoms with Crippen LogP contribution in [0.4, 0.5) is 5.69 Å². The number of carbonyl (C=O) groups excluding carboxylic acids is 2. The van der Waals surface area contributed by atoms with Crippen LogP contribution in [0, 0.1) is 0 Å². The van der Waals surface area contributed by atoms with Crippen molar-refractivity contribution < 1.29 is 27.5 Å². The van der Waals surface area contributed by atoms with Crippen molar-refractivity contribution in [2.24, 2.45) is 0 Å². The molecular formula is C28H37N3O6S. The molecule has 0 saturated heterocycles. The highest BCUT2D eigenvalue weighted by atomic mass is 32.2. The highest BCUT2D eigenvalue weighted by Crippen LogP contribution is 2.34. The summed E-state index contributed by atoms with van der Waals surface area (Å²) in [5.41, 5.74) is 1.15. The lowest BCUT2D eigenvalue weighted by Crippen LogP contribution is -2.53. The van der Waals surface area contributed by atoms with Crippen LogP contribution in [0.25, 0.3) is 0 Å². The number of fused-ring (bicyclic) bond motifs is 1. The molecule has 1 saturated carbocycles. The van der Waals surface area contributed by atoms with Crippen LogP contribution in [-0.2, 0) is 26.2 Å². The average molecular weight is 544 g/mol. The van der Waals surface area contributed by atoms with Gasteiger partial charge in [-0.25, -0.2) is 8.42 Å². The van der Waals surface area contributed by atoms with E-state index in [1.54, 1.807) is 18.2 Å². The van der Waals surface area contributed by atoms with Gasteiger partial charge in [0.05, 0.1) is 11.9 Å². The third kappa shape index (κ3) is 6.98. The van der Waals surface area contributed by atoms with E-state index < -0.39 is 28.5 Å². The molecule has 2 aliphatic rings. The van der Waals surface area contributed by atoms with Crippen molar-refractivity contribution in [3.63, 3.8) is 0 Å². The summed E-state index contributed by atoms with van der Waals surface area (Å²) in [4.78, 5) is 28.8. The fourth-order valence-electron chi connectivity index (χ4n) is 5.04. The first-order chi connectivity index (χ1) is 18.3. The molecule has 4 rings (SSSR count). The molecule has 1 aliphatic carbocycles. The van der Waals surface area contributed by atoms with Gasteiger partial charge >= 0.3 is 0 Å². The minimum atomic E-state index is -3.83. The van der Waals surface area contributed by atoms with Gasteiger partial charge in [-0.05, 0) is 37.0 Å². The Kier molecular flexibility index (Phi) is 9.14. The van der Waals surface area contributed by atoms with Gasteiger partial charge in [0.2, 0.25) is 21.8 Å². The number of anilines is 1. The van der Waals surface area contributed by atoms with Crippen LogP contribution in [-0.4, -0.2) is 63.2 Å². The van der Waals surface area contributed by atoms with Crippen LogP contribution in [0.5, 0.6) is 11.5 Å². The maximum absolute atomic E-state index is 13.8. The minimum Gasteiger partial charge on any atom is -0.486 e. The largest absolute Gasteiger partial charge is 0.486 e. The van der Waals surface area contributed by atoms with E-state index in [2.05, 4.69) is 5.32 Å². The second-order valence-electron chi connectivity index (χ2n) is 9.87. The summed E-state index contributed by atoms with van der Waals surface area (Å²) >= 11 is 0. The van der Waals surface area contributed by atoms with E-state index >= 15 is 0 Å². The molecule has 2 amide bonds. The number of rotatable bonds is 10. The summed E-state index contributed by atoms with van der Waals surface area (Å²) in [7, 11) is -3.83. The first-order valence-electron chi connectivity index (χ1n) is 13.3. The Bertz CT molecular complexity index is 1210. The fraction of sp³-hybridized carbons (Fsp3) is 0.500. The predicted octanol–water partition coefficient (Wildman–Crippen LogP) is 3.48. The maximum Gasteiger partial charge on any atom is 0.244 e. The Morgan fingerprint density at radius 2 is 1.68 bits per heavy atom. The lowest BCUT2D eigenvalue weighted by atomic mass is 9.95. The van der Waals surface area contributed by atoms with E-state index in [4.69, 9.17) is 9.47 Å². The van der Waals surface area contributed by atoms with E-state index in [1.807, 2.05) is 37.3 Å². The molecule has 1 fully saturated rings. The standard InChI is InChI=1S/C28H37N3O6S/c1-3-24(28(33)29-22-12-8-5-9-13-22)30(19-21-10-6-4-7-11-21)27(32)20-31(38(2,34)35)23-14-15-25-26(18-23)37-17-16-36-25/h4,6-7,10-11,14-15,18,22,24H,3,5,8-9,12-13,16-17,19-20H2,1-2H3,(H,29,33). The Morgan fingerprint density at radius 1 is 1.00 bits per heavy atom. The van der Waals surface area contributed by atoms with Gasteiger partial charge in [0.15, 0.2) is 11.5 Å². The lowest BCUT2D eigenvalue weighted by molar-refractivity contribution is -0.140. The summed E-state index contributed by atoms with van der Waals surface area (Å²) < 4.78 is 37.9. The summed E-state index contributed by atoms with van der Waals surface area (Å²) in [6.45, 7) is 2.38. The van der Waals surface area contributed by atoms with Gasteiger partial charge in [0.25, 0.3) is 0 Å². The molecule has 1 atom stereocenters. The highest BCUT2D eigenvalue weighted by molar-refractivity contribution is 7.92. The minimum absolute atomic E-state index is 0.101. The molecule has 2 aromatic carbocycles. The maximum atomic E-state index is 13.8. The molecule has 0 aromatic heterocycles. The molecular weight excluding hydrogens is 506 g/mol. The normalized spacial score (nSPS) is 16.4. The van der Waals surface area contributed by atoms with Crippen LogP contribution in [0.3, 0.4) is 0 Å². The molecule has 9 nitrogen and oxygen atoms in total. The number of nitrogens with one attached hydrogen (secondary N) is 1. The van der Waals surface area contributed by atoms with Gasteiger partial charge in [-0.3, -0.25) is 13.9 Å². The molecule has 1 N–H and O–H groups in total. The topological polar surface area (TPSA) is 105 Å². The van der Waals surface area contributed by atoms with Gasteiger partial charge < -0.3 is 19.7 Å². The number of sulfonamides is 1. The second kappa shape index (κ2) is 12.5. The number of carbonyl (C=O) groups is 2. The van der Waals surface area contributed by atoms with Gasteiger partial charge in [0, 0.05) is 18.7 Å². The van der Waals surface area contributed by atoms with Crippen molar-refractivity contribution >= 4 is 27.5 Å². The first-order valence-corrected chi connectivity index (χ1v) is 15.1. The van der Waals surface area contributed by atoms with Crippen LogP contribution in [0.2, 0.25) is 0 Å². The van der Waals surface area contributed by atoms with E-state index in [1.165, 1.54) is 11.3 Å². The molecule has 38 heavy (non-hydrogen) atoms. The van der Waals surface area contributed by atoms with Crippen LogP contribution in [0.1, 0.15) is 51.0 Å². The zero-order chi connectivity index (χ0) is 27.1. The van der Waals surface area contributed by atoms with Crippen LogP contribution < -0.4 is 19.1 Å². The smallest absolute Gasteiger partial charge is 0.244 e. The van der Waals surface area contributed by atoms with Crippen molar-refractivity contribution in [3.8, 4) is 11.5 Å². The van der Waals surface area contributed by atoms with E-state index in [9.17, 15) is 18.0 Å². The van der Waals surface area contributed by atoms with Crippen molar-refractivity contribution in [2.45, 2.75) is 64.1 Å². The zero-order valence-electron chi connectivity index (χ0n) is 22.1. The van der Waals surface area contributed by atoms with Crippen molar-refractivity contribution in [2.75, 3.05) is 30.3 Å². The lowest BCUT2D eigenvalue weighted by Gasteiger charge is -2.34. The van der Waals surface area contributed by atoms with Crippen LogP contribution >= 0.6 is 0 Å². The Balaban J connectivity index is 1.60. The molecule has 1 aliphatic heterocycles. The average Bonchev–Trinajstić information content (AvgIpc) is 2.91. The third-order valence-corrected chi connectivity index (χ3v) is 8.17. The highest BCUT2D eigenvalue weighted by Gasteiger charge is 2.33. The molecule has 1 unspecified atom stereocenters. The predicted molar refractivity (Wildman–Crippen MR) is 146 cm³/mol. The number of amides is 2. The Hall–Kier alpha value is -3.27. The van der Waals surface area contributed by atoms with E-state index in [0.29, 0.717) is 36.8 Å². The number of benzene rings is 2. The molecule has 0 radical (unpaired) electrons. The monoisotopic (exact) mass is 543 g/mol. The van der Waals surface area contributed by atoms with Crippen LogP contribution in [0.15, 0.2) is 48.5 Å². The molecule has 206 valence electrons. The summed E-state index contributed by atoms with van der Waals surface area (Å²) in [5, 5.41) is 3.15. The van der Waals surface area contributed by atoms with Gasteiger partial charge in [0.1, 0.15) is 25.8 Å². The van der Waals surface area contributed by atoms with Crippen molar-refractivity contribution in [3.05, 3.63) is 54.1 Å². The first kappa shape index (κ1) is 27.8. The van der Waals surface area contributed by atoms with E-state index in [0.717, 1.165) is 41.8 Å². The van der Waals surface area contributed by atoms with Gasteiger partial charge in [-0.2, -0.15) is 0 Å². The quantitative estimate of drug-likeness (QED) is 0.492. The Labute approximate surface area is 225 Å². The SMILES string of the molecule is CCC(C(=O)NC1CCCCC1)N(Cc1ccccc1)C(=O)CN(c1ccc2c(c1)OCCO2)S(C)(=O)=O. The zero-order valence-corrected chi connectivity index (χ0v) is 22.9. The third-order valence-electron chi connectivity index (χ3n) is 7.03. The summed E-state index contributed by atoms with van der Waals surface area (Å²) in [6, 6.07) is 13.6. The molecule has 2 aromatic rings. The van der Waals surface area contributed by atoms with Crippen molar-refractivity contribution in [1.29, 1.82) is 0 Å². The molecule has 10 heteroatoms. The number of hydrogen-bond acceptors (Lipinski definition) is 6. The van der Waals surface area contributed by atoms with Gasteiger partial charge in [-0.15, -0.1) is 0 Å². The number of nitrogens with zero attached hydrogens (tertiary/aromatic N) is 2. The van der Waals surface area contributed by atoms with E-state index in [-0.39, 0.29) is 18.5 Å². The molecule has 1 heterocycles. The summed E-state index contributed by atoms with van der Waals surface area (Å²) in [5.74, 6) is 0.291. The number of hydrogen-bond donors (Lipinski definition) is 1. The molecule has 0 bridgehead atoms. The van der Waals surface area contributed by atoms with Gasteiger partial charge in [-0.1, -0.05) is 56.5 Å². The fourth-order valence-corrected chi connectivity index (χ4v) is 5.89. The van der Waals surface area contributed by atoms with Crippen molar-refractivity contribution in [1.82, 2.24) is 10.2 Å². The second-order valence-corrected chi connectivity index (χ2v) is 11.8.